The van der Waals surface area contributed by atoms with Gasteiger partial charge in [-0.25, -0.2) is 0 Å². The maximum atomic E-state index is 5.74. The second kappa shape index (κ2) is 2.83. The maximum Gasteiger partial charge on any atom is 0.125 e. The Balaban J connectivity index is 0.000000640. The van der Waals surface area contributed by atoms with E-state index in [0.717, 1.165) is 0 Å². The van der Waals surface area contributed by atoms with E-state index in [0.29, 0.717) is 18.4 Å². The average molecular weight is 191 g/mol. The van der Waals surface area contributed by atoms with Crippen molar-refractivity contribution in [3.8, 4) is 0 Å². The van der Waals surface area contributed by atoms with Crippen molar-refractivity contribution in [1.29, 1.82) is 0 Å². The highest BCUT2D eigenvalue weighted by Crippen LogP contribution is 2.58. The molecule has 1 saturated carbocycles. The second-order valence-corrected chi connectivity index (χ2v) is 3.75. The third-order valence-electron chi connectivity index (χ3n) is 1.85. The van der Waals surface area contributed by atoms with E-state index in [-0.39, 0.29) is 12.4 Å². The van der Waals surface area contributed by atoms with E-state index >= 15 is 0 Å². The number of rotatable bonds is 1. The van der Waals surface area contributed by atoms with Crippen molar-refractivity contribution >= 4 is 35.6 Å². The van der Waals surface area contributed by atoms with E-state index in [1.807, 2.05) is 6.92 Å². The molecule has 0 aliphatic heterocycles. The average Bonchev–Trinajstić information content (AvgIpc) is 2.09. The minimum Gasteiger partial charge on any atom is -0.330 e. The van der Waals surface area contributed by atoms with E-state index in [2.05, 4.69) is 0 Å². The lowest BCUT2D eigenvalue weighted by atomic mass is 10.3. The molecule has 56 valence electrons. The number of nitrogens with two attached hydrogens (primary N) is 1. The van der Waals surface area contributed by atoms with Crippen molar-refractivity contribution in [3.63, 3.8) is 0 Å². The topological polar surface area (TPSA) is 26.0 Å². The predicted molar refractivity (Wildman–Crippen MR) is 43.4 cm³/mol. The molecule has 9 heavy (non-hydrogen) atoms. The molecule has 2 atom stereocenters. The third-order valence-corrected chi connectivity index (χ3v) is 3.10. The summed E-state index contributed by atoms with van der Waals surface area (Å²) >= 11 is 11.5. The standard InChI is InChI=1S/C5H9Cl2N.ClH/c1-3-4(2-8)5(3,6)7;/h3-4H,2,8H2,1H3;1H. The van der Waals surface area contributed by atoms with Gasteiger partial charge in [-0.05, 0) is 12.5 Å². The Morgan fingerprint density at radius 2 is 1.89 bits per heavy atom. The normalized spacial score (nSPS) is 37.3. The smallest absolute Gasteiger partial charge is 0.125 e. The van der Waals surface area contributed by atoms with E-state index in [9.17, 15) is 0 Å². The molecule has 1 fully saturated rings. The molecule has 2 N–H and O–H groups in total. The zero-order chi connectivity index (χ0) is 6.36. The molecule has 1 aliphatic rings. The van der Waals surface area contributed by atoms with Gasteiger partial charge in [-0.15, -0.1) is 35.6 Å². The summed E-state index contributed by atoms with van der Waals surface area (Å²) in [5, 5.41) is 0. The third kappa shape index (κ3) is 1.45. The lowest BCUT2D eigenvalue weighted by Crippen LogP contribution is -2.05. The summed E-state index contributed by atoms with van der Waals surface area (Å²) in [6.45, 7) is 2.62. The zero-order valence-electron chi connectivity index (χ0n) is 5.10. The predicted octanol–water partition coefficient (Wildman–Crippen LogP) is 1.81. The largest absolute Gasteiger partial charge is 0.330 e. The van der Waals surface area contributed by atoms with Gasteiger partial charge in [0.2, 0.25) is 0 Å². The summed E-state index contributed by atoms with van der Waals surface area (Å²) in [6.07, 6.45) is 0. The minimum atomic E-state index is -0.505. The highest BCUT2D eigenvalue weighted by Gasteiger charge is 2.59. The Kier molecular flexibility index (Phi) is 3.09. The van der Waals surface area contributed by atoms with Crippen LogP contribution in [-0.2, 0) is 0 Å². The SMILES string of the molecule is CC1C(CN)C1(Cl)Cl.Cl. The van der Waals surface area contributed by atoms with Gasteiger partial charge in [0.05, 0.1) is 0 Å². The first-order valence-electron chi connectivity index (χ1n) is 2.68. The Hall–Kier alpha value is 0.830. The van der Waals surface area contributed by atoms with Gasteiger partial charge in [0, 0.05) is 5.92 Å². The van der Waals surface area contributed by atoms with Crippen LogP contribution >= 0.6 is 35.6 Å². The molecule has 1 rings (SSSR count). The van der Waals surface area contributed by atoms with Crippen LogP contribution in [0.25, 0.3) is 0 Å². The molecule has 1 nitrogen and oxygen atoms in total. The Morgan fingerprint density at radius 3 is 1.89 bits per heavy atom. The van der Waals surface area contributed by atoms with E-state index in [4.69, 9.17) is 28.9 Å². The molecule has 0 aromatic rings. The zero-order valence-corrected chi connectivity index (χ0v) is 7.43. The van der Waals surface area contributed by atoms with Gasteiger partial charge in [0.25, 0.3) is 0 Å². The Bertz CT molecular complexity index is 104. The fourth-order valence-corrected chi connectivity index (χ4v) is 1.66. The van der Waals surface area contributed by atoms with Gasteiger partial charge in [0.15, 0.2) is 0 Å². The van der Waals surface area contributed by atoms with Crippen molar-refractivity contribution in [3.05, 3.63) is 0 Å². The number of hydrogen-bond donors (Lipinski definition) is 1. The van der Waals surface area contributed by atoms with Crippen LogP contribution in [-0.4, -0.2) is 10.9 Å². The van der Waals surface area contributed by atoms with Crippen LogP contribution in [0, 0.1) is 11.8 Å². The summed E-state index contributed by atoms with van der Waals surface area (Å²) in [4.78, 5) is 0. The van der Waals surface area contributed by atoms with Crippen molar-refractivity contribution in [1.82, 2.24) is 0 Å². The molecule has 0 spiro atoms. The monoisotopic (exact) mass is 189 g/mol. The van der Waals surface area contributed by atoms with Gasteiger partial charge >= 0.3 is 0 Å². The molecule has 1 aliphatic carbocycles. The fraction of sp³-hybridized carbons (Fsp3) is 1.00. The maximum absolute atomic E-state index is 5.74. The molecule has 0 amide bonds. The van der Waals surface area contributed by atoms with E-state index in [1.54, 1.807) is 0 Å². The lowest BCUT2D eigenvalue weighted by molar-refractivity contribution is 0.760. The molecule has 2 unspecified atom stereocenters. The number of alkyl halides is 2. The van der Waals surface area contributed by atoms with E-state index in [1.165, 1.54) is 0 Å². The Morgan fingerprint density at radius 1 is 1.56 bits per heavy atom. The number of halogens is 3. The van der Waals surface area contributed by atoms with E-state index < -0.39 is 4.33 Å². The molecule has 0 aromatic carbocycles. The minimum absolute atomic E-state index is 0. The van der Waals surface area contributed by atoms with Crippen molar-refractivity contribution in [2.75, 3.05) is 6.54 Å². The molecule has 0 bridgehead atoms. The molecule has 4 heteroatoms. The summed E-state index contributed by atoms with van der Waals surface area (Å²) < 4.78 is -0.505. The Labute approximate surface area is 71.3 Å². The molecular formula is C5H10Cl3N. The molecule has 0 radical (unpaired) electrons. The van der Waals surface area contributed by atoms with Crippen molar-refractivity contribution in [2.24, 2.45) is 17.6 Å². The summed E-state index contributed by atoms with van der Waals surface area (Å²) in [5.41, 5.74) is 5.33. The van der Waals surface area contributed by atoms with Crippen molar-refractivity contribution in [2.45, 2.75) is 11.3 Å². The van der Waals surface area contributed by atoms with Crippen molar-refractivity contribution < 1.29 is 0 Å². The summed E-state index contributed by atoms with van der Waals surface area (Å²) in [5.74, 6) is 0.710. The van der Waals surface area contributed by atoms with Crippen LogP contribution in [0.5, 0.6) is 0 Å². The fourth-order valence-electron chi connectivity index (χ4n) is 0.921. The van der Waals surface area contributed by atoms with Crippen LogP contribution < -0.4 is 5.73 Å². The van der Waals surface area contributed by atoms with Gasteiger partial charge in [-0.3, -0.25) is 0 Å². The summed E-state index contributed by atoms with van der Waals surface area (Å²) in [6, 6.07) is 0. The first kappa shape index (κ1) is 9.83. The quantitative estimate of drug-likeness (QED) is 0.627. The molecule has 0 saturated heterocycles. The highest BCUT2D eigenvalue weighted by atomic mass is 35.5. The van der Waals surface area contributed by atoms with Crippen LogP contribution in [0.2, 0.25) is 0 Å². The van der Waals surface area contributed by atoms with Crippen LogP contribution in [0.15, 0.2) is 0 Å². The molecule has 0 aromatic heterocycles. The molecule has 0 heterocycles. The van der Waals surface area contributed by atoms with Crippen LogP contribution in [0.1, 0.15) is 6.92 Å². The van der Waals surface area contributed by atoms with Gasteiger partial charge in [0.1, 0.15) is 4.33 Å². The van der Waals surface area contributed by atoms with Gasteiger partial charge < -0.3 is 5.73 Å². The first-order valence-corrected chi connectivity index (χ1v) is 3.44. The van der Waals surface area contributed by atoms with Gasteiger partial charge in [-0.1, -0.05) is 6.92 Å². The van der Waals surface area contributed by atoms with Crippen LogP contribution in [0.3, 0.4) is 0 Å². The highest BCUT2D eigenvalue weighted by molar-refractivity contribution is 6.51. The van der Waals surface area contributed by atoms with Crippen LogP contribution in [0.4, 0.5) is 0 Å². The summed E-state index contributed by atoms with van der Waals surface area (Å²) in [7, 11) is 0. The van der Waals surface area contributed by atoms with Gasteiger partial charge in [-0.2, -0.15) is 0 Å². The molecular weight excluding hydrogens is 180 g/mol. The number of hydrogen-bond acceptors (Lipinski definition) is 1. The lowest BCUT2D eigenvalue weighted by Gasteiger charge is -1.90. The first-order chi connectivity index (χ1) is 3.60. The second-order valence-electron chi connectivity index (χ2n) is 2.31.